The third-order valence-electron chi connectivity index (χ3n) is 1.86. The summed E-state index contributed by atoms with van der Waals surface area (Å²) in [5.74, 6) is 0.707. The lowest BCUT2D eigenvalue weighted by molar-refractivity contribution is -0.116. The first-order valence-corrected chi connectivity index (χ1v) is 4.36. The van der Waals surface area contributed by atoms with Gasteiger partial charge < -0.3 is 4.42 Å². The van der Waals surface area contributed by atoms with Crippen LogP contribution in [0.2, 0.25) is 0 Å². The summed E-state index contributed by atoms with van der Waals surface area (Å²) in [6, 6.07) is 1.83. The van der Waals surface area contributed by atoms with E-state index in [1.807, 2.05) is 6.07 Å². The maximum Gasteiger partial charge on any atom is 0.246 e. The van der Waals surface area contributed by atoms with E-state index < -0.39 is 0 Å². The molecule has 0 aliphatic carbocycles. The summed E-state index contributed by atoms with van der Waals surface area (Å²) < 4.78 is 5.22. The lowest BCUT2D eigenvalue weighted by Gasteiger charge is -1.94. The molecule has 14 heavy (non-hydrogen) atoms. The molecule has 72 valence electrons. The number of carbonyl (C=O) groups is 1. The Morgan fingerprint density at radius 1 is 1.57 bits per heavy atom. The highest BCUT2D eigenvalue weighted by atomic mass is 16.4. The van der Waals surface area contributed by atoms with Crippen LogP contribution in [-0.2, 0) is 11.2 Å². The van der Waals surface area contributed by atoms with E-state index in [9.17, 15) is 4.79 Å². The van der Waals surface area contributed by atoms with E-state index in [2.05, 4.69) is 9.97 Å². The number of Topliss-reactive ketones (excluding diaryl/α,β-unsaturated/α-hetero) is 1. The van der Waals surface area contributed by atoms with E-state index in [1.54, 1.807) is 20.0 Å². The summed E-state index contributed by atoms with van der Waals surface area (Å²) in [7, 11) is 0. The number of ketones is 1. The standard InChI is InChI=1S/C10H10N2O2/c1-6(13)3-8-4-9-10(11-5-8)14-7(2)12-9/h4-5H,3H2,1-2H3. The van der Waals surface area contributed by atoms with Crippen LogP contribution in [0.15, 0.2) is 16.7 Å². The summed E-state index contributed by atoms with van der Waals surface area (Å²) >= 11 is 0. The van der Waals surface area contributed by atoms with Crippen molar-refractivity contribution in [2.45, 2.75) is 20.3 Å². The number of aryl methyl sites for hydroxylation is 1. The predicted molar refractivity (Wildman–Crippen MR) is 50.9 cm³/mol. The maximum absolute atomic E-state index is 10.9. The Hall–Kier alpha value is -1.71. The van der Waals surface area contributed by atoms with E-state index in [1.165, 1.54) is 0 Å². The number of rotatable bonds is 2. The Labute approximate surface area is 81.0 Å². The lowest BCUT2D eigenvalue weighted by atomic mass is 10.1. The largest absolute Gasteiger partial charge is 0.423 e. The van der Waals surface area contributed by atoms with Crippen molar-refractivity contribution in [2.24, 2.45) is 0 Å². The van der Waals surface area contributed by atoms with Crippen LogP contribution in [0.5, 0.6) is 0 Å². The van der Waals surface area contributed by atoms with Crippen molar-refractivity contribution in [1.82, 2.24) is 9.97 Å². The van der Waals surface area contributed by atoms with Crippen LogP contribution in [0.25, 0.3) is 11.2 Å². The molecule has 0 saturated carbocycles. The monoisotopic (exact) mass is 190 g/mol. The van der Waals surface area contributed by atoms with Gasteiger partial charge in [-0.15, -0.1) is 0 Å². The zero-order valence-corrected chi connectivity index (χ0v) is 8.07. The van der Waals surface area contributed by atoms with Gasteiger partial charge in [0.25, 0.3) is 0 Å². The Morgan fingerprint density at radius 2 is 2.36 bits per heavy atom. The molecule has 2 aromatic heterocycles. The van der Waals surface area contributed by atoms with Gasteiger partial charge in [-0.25, -0.2) is 9.97 Å². The van der Waals surface area contributed by atoms with Gasteiger partial charge in [-0.05, 0) is 18.6 Å². The highest BCUT2D eigenvalue weighted by molar-refractivity contribution is 5.79. The fourth-order valence-electron chi connectivity index (χ4n) is 1.36. The van der Waals surface area contributed by atoms with E-state index in [0.29, 0.717) is 23.5 Å². The van der Waals surface area contributed by atoms with Crippen LogP contribution >= 0.6 is 0 Å². The van der Waals surface area contributed by atoms with Gasteiger partial charge in [-0.1, -0.05) is 0 Å². The first-order valence-electron chi connectivity index (χ1n) is 4.36. The number of pyridine rings is 1. The topological polar surface area (TPSA) is 56.0 Å². The average molecular weight is 190 g/mol. The minimum absolute atomic E-state index is 0.117. The number of oxazole rings is 1. The summed E-state index contributed by atoms with van der Waals surface area (Å²) in [6.07, 6.45) is 2.04. The van der Waals surface area contributed by atoms with Gasteiger partial charge in [0, 0.05) is 19.5 Å². The molecule has 4 nitrogen and oxygen atoms in total. The molecule has 0 aliphatic heterocycles. The van der Waals surface area contributed by atoms with Crippen LogP contribution in [0.1, 0.15) is 18.4 Å². The first-order chi connectivity index (χ1) is 6.65. The second kappa shape index (κ2) is 3.21. The molecule has 4 heteroatoms. The minimum atomic E-state index is 0.117. The minimum Gasteiger partial charge on any atom is -0.423 e. The zero-order chi connectivity index (χ0) is 10.1. The SMILES string of the molecule is CC(=O)Cc1cnc2oc(C)nc2c1. The van der Waals surface area contributed by atoms with Crippen molar-refractivity contribution < 1.29 is 9.21 Å². The van der Waals surface area contributed by atoms with Crippen molar-refractivity contribution in [2.75, 3.05) is 0 Å². The molecule has 0 N–H and O–H groups in total. The van der Waals surface area contributed by atoms with Crippen molar-refractivity contribution in [3.05, 3.63) is 23.7 Å². The molecule has 0 fully saturated rings. The van der Waals surface area contributed by atoms with Gasteiger partial charge in [0.05, 0.1) is 0 Å². The highest BCUT2D eigenvalue weighted by Crippen LogP contribution is 2.14. The van der Waals surface area contributed by atoms with Gasteiger partial charge >= 0.3 is 0 Å². The molecule has 2 heterocycles. The molecule has 0 unspecified atom stereocenters. The van der Waals surface area contributed by atoms with Crippen LogP contribution in [0, 0.1) is 6.92 Å². The van der Waals surface area contributed by atoms with Crippen LogP contribution < -0.4 is 0 Å². The van der Waals surface area contributed by atoms with Crippen molar-refractivity contribution in [3.8, 4) is 0 Å². The van der Waals surface area contributed by atoms with Crippen molar-refractivity contribution in [1.29, 1.82) is 0 Å². The third-order valence-corrected chi connectivity index (χ3v) is 1.86. The molecule has 0 aliphatic rings. The van der Waals surface area contributed by atoms with Crippen molar-refractivity contribution >= 4 is 17.0 Å². The van der Waals surface area contributed by atoms with Crippen LogP contribution in [0.4, 0.5) is 0 Å². The molecule has 0 amide bonds. The first kappa shape index (κ1) is 8.87. The quantitative estimate of drug-likeness (QED) is 0.722. The number of carbonyl (C=O) groups excluding carboxylic acids is 1. The average Bonchev–Trinajstić information content (AvgIpc) is 2.42. The lowest BCUT2D eigenvalue weighted by Crippen LogP contribution is -1.96. The van der Waals surface area contributed by atoms with Gasteiger partial charge in [0.2, 0.25) is 5.71 Å². The summed E-state index contributed by atoms with van der Waals surface area (Å²) in [6.45, 7) is 3.32. The van der Waals surface area contributed by atoms with E-state index in [-0.39, 0.29) is 5.78 Å². The summed E-state index contributed by atoms with van der Waals surface area (Å²) in [5, 5.41) is 0. The molecular formula is C10H10N2O2. The Morgan fingerprint density at radius 3 is 3.07 bits per heavy atom. The molecule has 0 saturated heterocycles. The van der Waals surface area contributed by atoms with Gasteiger partial charge in [-0.2, -0.15) is 0 Å². The zero-order valence-electron chi connectivity index (χ0n) is 8.07. The van der Waals surface area contributed by atoms with Gasteiger partial charge in [-0.3, -0.25) is 4.79 Å². The second-order valence-corrected chi connectivity index (χ2v) is 3.28. The fraction of sp³-hybridized carbons (Fsp3) is 0.300. The normalized spacial score (nSPS) is 10.7. The Balaban J connectivity index is 2.45. The van der Waals surface area contributed by atoms with Gasteiger partial charge in [0.1, 0.15) is 11.3 Å². The smallest absolute Gasteiger partial charge is 0.246 e. The molecule has 2 rings (SSSR count). The number of fused-ring (bicyclic) bond motifs is 1. The molecule has 2 aromatic rings. The van der Waals surface area contributed by atoms with E-state index >= 15 is 0 Å². The third kappa shape index (κ3) is 1.64. The summed E-state index contributed by atoms with van der Waals surface area (Å²) in [5.41, 5.74) is 2.11. The number of nitrogens with zero attached hydrogens (tertiary/aromatic N) is 2. The molecule has 0 radical (unpaired) electrons. The molecule has 0 atom stereocenters. The summed E-state index contributed by atoms with van der Waals surface area (Å²) in [4.78, 5) is 19.1. The van der Waals surface area contributed by atoms with Crippen LogP contribution in [0.3, 0.4) is 0 Å². The highest BCUT2D eigenvalue weighted by Gasteiger charge is 2.05. The van der Waals surface area contributed by atoms with E-state index in [4.69, 9.17) is 4.42 Å². The van der Waals surface area contributed by atoms with E-state index in [0.717, 1.165) is 5.56 Å². The predicted octanol–water partition coefficient (Wildman–Crippen LogP) is 1.66. The Bertz CT molecular complexity index is 488. The van der Waals surface area contributed by atoms with Crippen molar-refractivity contribution in [3.63, 3.8) is 0 Å². The molecule has 0 aromatic carbocycles. The fourth-order valence-corrected chi connectivity index (χ4v) is 1.36. The molecular weight excluding hydrogens is 180 g/mol. The number of hydrogen-bond donors (Lipinski definition) is 0. The van der Waals surface area contributed by atoms with Crippen LogP contribution in [-0.4, -0.2) is 15.8 Å². The number of hydrogen-bond acceptors (Lipinski definition) is 4. The molecule has 0 bridgehead atoms. The van der Waals surface area contributed by atoms with Gasteiger partial charge in [0.15, 0.2) is 5.89 Å². The Kier molecular flexibility index (Phi) is 2.04. The maximum atomic E-state index is 10.9. The molecule has 0 spiro atoms. The number of aromatic nitrogens is 2. The second-order valence-electron chi connectivity index (χ2n) is 3.28.